The van der Waals surface area contributed by atoms with Gasteiger partial charge in [0, 0.05) is 20.6 Å². The minimum atomic E-state index is 0.0585. The first kappa shape index (κ1) is 13.3. The molecule has 5 heteroatoms. The van der Waals surface area contributed by atoms with Gasteiger partial charge in [-0.25, -0.2) is 4.98 Å². The molecule has 0 bridgehead atoms. The smallest absolute Gasteiger partial charge is 0.241 e. The second kappa shape index (κ2) is 5.52. The molecule has 5 nitrogen and oxygen atoms in total. The van der Waals surface area contributed by atoms with Gasteiger partial charge in [-0.2, -0.15) is 0 Å². The van der Waals surface area contributed by atoms with Gasteiger partial charge in [-0.05, 0) is 25.5 Å². The monoisotopic (exact) mass is 236 g/mol. The maximum Gasteiger partial charge on any atom is 0.241 e. The van der Waals surface area contributed by atoms with Crippen LogP contribution in [0.3, 0.4) is 0 Å². The third kappa shape index (κ3) is 3.34. The van der Waals surface area contributed by atoms with Gasteiger partial charge < -0.3 is 15.5 Å². The molecule has 0 saturated carbocycles. The van der Waals surface area contributed by atoms with Crippen LogP contribution in [0.2, 0.25) is 0 Å². The number of rotatable bonds is 4. The van der Waals surface area contributed by atoms with Crippen LogP contribution in [0.5, 0.6) is 0 Å². The average molecular weight is 236 g/mol. The molecule has 17 heavy (non-hydrogen) atoms. The average Bonchev–Trinajstić information content (AvgIpc) is 2.29. The first-order chi connectivity index (χ1) is 7.95. The number of hydrogen-bond donors (Lipinski definition) is 1. The summed E-state index contributed by atoms with van der Waals surface area (Å²) in [5.41, 5.74) is 7.37. The Balaban J connectivity index is 2.86. The van der Waals surface area contributed by atoms with Crippen LogP contribution < -0.4 is 10.6 Å². The molecule has 1 rings (SSSR count). The van der Waals surface area contributed by atoms with E-state index in [4.69, 9.17) is 5.73 Å². The summed E-state index contributed by atoms with van der Waals surface area (Å²) in [6.07, 6.45) is 1.63. The second-order valence-electron chi connectivity index (χ2n) is 4.20. The number of aryl methyl sites for hydroxylation is 1. The minimum Gasteiger partial charge on any atom is -0.397 e. The van der Waals surface area contributed by atoms with E-state index in [9.17, 15) is 4.79 Å². The van der Waals surface area contributed by atoms with Crippen molar-refractivity contribution in [3.63, 3.8) is 0 Å². The molecule has 0 radical (unpaired) electrons. The second-order valence-corrected chi connectivity index (χ2v) is 4.20. The zero-order valence-corrected chi connectivity index (χ0v) is 10.9. The molecule has 1 amide bonds. The van der Waals surface area contributed by atoms with E-state index in [0.29, 0.717) is 12.2 Å². The number of carbonyl (C=O) groups excluding carboxylic acids is 1. The van der Waals surface area contributed by atoms with E-state index in [1.54, 1.807) is 25.2 Å². The summed E-state index contributed by atoms with van der Waals surface area (Å²) in [4.78, 5) is 19.4. The normalized spacial score (nSPS) is 10.1. The van der Waals surface area contributed by atoms with Gasteiger partial charge in [-0.15, -0.1) is 0 Å². The quantitative estimate of drug-likeness (QED) is 0.843. The van der Waals surface area contributed by atoms with Gasteiger partial charge >= 0.3 is 0 Å². The first-order valence-corrected chi connectivity index (χ1v) is 5.63. The van der Waals surface area contributed by atoms with Crippen molar-refractivity contribution in [2.24, 2.45) is 0 Å². The molecule has 0 unspecified atom stereocenters. The fourth-order valence-electron chi connectivity index (χ4n) is 1.38. The summed E-state index contributed by atoms with van der Waals surface area (Å²) in [5.74, 6) is 0.845. The number of hydrogen-bond acceptors (Lipinski definition) is 4. The molecule has 0 spiro atoms. The SMILES string of the molecule is CCN(CC(=O)N(C)C)c1cc(C)c(N)cn1. The molecular weight excluding hydrogens is 216 g/mol. The summed E-state index contributed by atoms with van der Waals surface area (Å²) in [5, 5.41) is 0. The lowest BCUT2D eigenvalue weighted by atomic mass is 10.2. The Hall–Kier alpha value is -1.78. The van der Waals surface area contributed by atoms with Gasteiger partial charge in [0.15, 0.2) is 0 Å². The number of likely N-dealkylation sites (N-methyl/N-ethyl adjacent to an activating group) is 2. The molecule has 1 aromatic heterocycles. The molecule has 94 valence electrons. The molecule has 0 aromatic carbocycles. The number of nitrogen functional groups attached to an aromatic ring is 1. The van der Waals surface area contributed by atoms with Crippen molar-refractivity contribution in [1.82, 2.24) is 9.88 Å². The topological polar surface area (TPSA) is 62.5 Å². The zero-order chi connectivity index (χ0) is 13.0. The van der Waals surface area contributed by atoms with Crippen LogP contribution in [-0.2, 0) is 4.79 Å². The first-order valence-electron chi connectivity index (χ1n) is 5.63. The van der Waals surface area contributed by atoms with E-state index in [1.807, 2.05) is 24.8 Å². The van der Waals surface area contributed by atoms with Gasteiger partial charge in [0.05, 0.1) is 18.4 Å². The van der Waals surface area contributed by atoms with Gasteiger partial charge in [-0.1, -0.05) is 0 Å². The third-order valence-electron chi connectivity index (χ3n) is 2.67. The van der Waals surface area contributed by atoms with Gasteiger partial charge in [0.2, 0.25) is 5.91 Å². The largest absolute Gasteiger partial charge is 0.397 e. The Morgan fingerprint density at radius 1 is 1.47 bits per heavy atom. The molecule has 0 aliphatic heterocycles. The van der Waals surface area contributed by atoms with Crippen LogP contribution in [0.25, 0.3) is 0 Å². The van der Waals surface area contributed by atoms with Crippen molar-refractivity contribution in [2.45, 2.75) is 13.8 Å². The Bertz CT molecular complexity index is 403. The van der Waals surface area contributed by atoms with E-state index >= 15 is 0 Å². The van der Waals surface area contributed by atoms with Gasteiger partial charge in [0.1, 0.15) is 5.82 Å². The molecular formula is C12H20N4O. The summed E-state index contributed by atoms with van der Waals surface area (Å²) in [6.45, 7) is 4.99. The number of anilines is 2. The highest BCUT2D eigenvalue weighted by atomic mass is 16.2. The number of pyridine rings is 1. The standard InChI is InChI=1S/C12H20N4O/c1-5-16(8-12(17)15(3)4)11-6-9(2)10(13)7-14-11/h6-7H,5,8,13H2,1-4H3. The van der Waals surface area contributed by atoms with Crippen LogP contribution in [0, 0.1) is 6.92 Å². The molecule has 1 heterocycles. The highest BCUT2D eigenvalue weighted by molar-refractivity contribution is 5.80. The predicted octanol–water partition coefficient (Wildman–Crippen LogP) is 0.887. The van der Waals surface area contributed by atoms with Gasteiger partial charge in [-0.3, -0.25) is 4.79 Å². The Labute approximate surface area is 102 Å². The van der Waals surface area contributed by atoms with Crippen LogP contribution >= 0.6 is 0 Å². The van der Waals surface area contributed by atoms with Crippen LogP contribution in [0.4, 0.5) is 11.5 Å². The maximum absolute atomic E-state index is 11.7. The predicted molar refractivity (Wildman–Crippen MR) is 70.0 cm³/mol. The number of carbonyl (C=O) groups is 1. The van der Waals surface area contributed by atoms with Crippen molar-refractivity contribution >= 4 is 17.4 Å². The van der Waals surface area contributed by atoms with Crippen molar-refractivity contribution in [2.75, 3.05) is 37.8 Å². The molecule has 0 fully saturated rings. The van der Waals surface area contributed by atoms with E-state index < -0.39 is 0 Å². The maximum atomic E-state index is 11.7. The van der Waals surface area contributed by atoms with Gasteiger partial charge in [0.25, 0.3) is 0 Å². The highest BCUT2D eigenvalue weighted by Gasteiger charge is 2.13. The lowest BCUT2D eigenvalue weighted by Crippen LogP contribution is -2.37. The fourth-order valence-corrected chi connectivity index (χ4v) is 1.38. The van der Waals surface area contributed by atoms with Crippen molar-refractivity contribution < 1.29 is 4.79 Å². The Morgan fingerprint density at radius 3 is 2.59 bits per heavy atom. The van der Waals surface area contributed by atoms with Crippen LogP contribution in [0.1, 0.15) is 12.5 Å². The highest BCUT2D eigenvalue weighted by Crippen LogP contribution is 2.16. The van der Waals surface area contributed by atoms with E-state index in [-0.39, 0.29) is 5.91 Å². The van der Waals surface area contributed by atoms with Crippen molar-refractivity contribution in [3.05, 3.63) is 17.8 Å². The Kier molecular flexibility index (Phi) is 4.31. The number of nitrogens with two attached hydrogens (primary N) is 1. The number of amides is 1. The van der Waals surface area contributed by atoms with E-state index in [1.165, 1.54) is 0 Å². The molecule has 0 atom stereocenters. The summed E-state index contributed by atoms with van der Waals surface area (Å²) in [6, 6.07) is 1.90. The van der Waals surface area contributed by atoms with Crippen LogP contribution in [-0.4, -0.2) is 43.0 Å². The molecule has 0 saturated heterocycles. The summed E-state index contributed by atoms with van der Waals surface area (Å²) < 4.78 is 0. The lowest BCUT2D eigenvalue weighted by molar-refractivity contribution is -0.127. The molecule has 0 aliphatic rings. The minimum absolute atomic E-state index is 0.0585. The molecule has 0 aliphatic carbocycles. The lowest BCUT2D eigenvalue weighted by Gasteiger charge is -2.23. The number of nitrogens with zero attached hydrogens (tertiary/aromatic N) is 3. The molecule has 1 aromatic rings. The van der Waals surface area contributed by atoms with Crippen LogP contribution in [0.15, 0.2) is 12.3 Å². The molecule has 2 N–H and O–H groups in total. The van der Waals surface area contributed by atoms with E-state index in [2.05, 4.69) is 4.98 Å². The third-order valence-corrected chi connectivity index (χ3v) is 2.67. The summed E-state index contributed by atoms with van der Waals surface area (Å²) in [7, 11) is 3.50. The van der Waals surface area contributed by atoms with E-state index in [0.717, 1.165) is 17.9 Å². The number of aromatic nitrogens is 1. The zero-order valence-electron chi connectivity index (χ0n) is 10.9. The Morgan fingerprint density at radius 2 is 2.12 bits per heavy atom. The van der Waals surface area contributed by atoms with Crippen molar-refractivity contribution in [3.8, 4) is 0 Å². The summed E-state index contributed by atoms with van der Waals surface area (Å²) >= 11 is 0. The van der Waals surface area contributed by atoms with Crippen molar-refractivity contribution in [1.29, 1.82) is 0 Å². The fraction of sp³-hybridized carbons (Fsp3) is 0.500.